The molecule has 5 aromatic rings. The molecule has 2 aromatic carbocycles. The summed E-state index contributed by atoms with van der Waals surface area (Å²) in [4.78, 5) is 40.2. The number of rotatable bonds is 8. The number of thiazole rings is 1. The van der Waals surface area contributed by atoms with Gasteiger partial charge in [0.15, 0.2) is 15.1 Å². The van der Waals surface area contributed by atoms with E-state index in [4.69, 9.17) is 13.9 Å². The van der Waals surface area contributed by atoms with Gasteiger partial charge in [0, 0.05) is 6.08 Å². The SMILES string of the molecule is CCOc1ccc([C@H]2C(C(=O)OC(C)C)=C(C)N=c3s/c(=C/c4ccc(Sc5nc6ccccc6[nH]5)o4)c(=O)n32)cc1. The van der Waals surface area contributed by atoms with Crippen LogP contribution in [0.4, 0.5) is 0 Å². The van der Waals surface area contributed by atoms with Gasteiger partial charge in [-0.25, -0.2) is 14.8 Å². The molecule has 0 unspecified atom stereocenters. The number of furan rings is 1. The summed E-state index contributed by atoms with van der Waals surface area (Å²) in [6.45, 7) is 7.80. The number of esters is 1. The molecule has 0 saturated heterocycles. The molecule has 42 heavy (non-hydrogen) atoms. The van der Waals surface area contributed by atoms with Gasteiger partial charge >= 0.3 is 5.97 Å². The zero-order valence-electron chi connectivity index (χ0n) is 23.4. The second-order valence-electron chi connectivity index (χ2n) is 9.86. The van der Waals surface area contributed by atoms with Crippen molar-refractivity contribution in [2.24, 2.45) is 4.99 Å². The average Bonchev–Trinajstić information content (AvgIpc) is 3.65. The number of aromatic amines is 1. The number of nitrogens with zero attached hydrogens (tertiary/aromatic N) is 3. The van der Waals surface area contributed by atoms with E-state index in [0.717, 1.165) is 16.6 Å². The first-order valence-corrected chi connectivity index (χ1v) is 15.1. The van der Waals surface area contributed by atoms with Crippen LogP contribution in [-0.4, -0.2) is 33.2 Å². The molecular formula is C31H28N4O5S2. The first-order chi connectivity index (χ1) is 20.3. The summed E-state index contributed by atoms with van der Waals surface area (Å²) in [6.07, 6.45) is 1.38. The number of ether oxygens (including phenoxy) is 2. The number of H-pyrrole nitrogens is 1. The minimum absolute atomic E-state index is 0.275. The van der Waals surface area contributed by atoms with Crippen LogP contribution in [0.5, 0.6) is 5.75 Å². The number of carbonyl (C=O) groups is 1. The molecule has 1 N–H and O–H groups in total. The maximum absolute atomic E-state index is 13.9. The van der Waals surface area contributed by atoms with Crippen molar-refractivity contribution in [2.75, 3.05) is 6.61 Å². The van der Waals surface area contributed by atoms with Crippen molar-refractivity contribution >= 4 is 46.2 Å². The van der Waals surface area contributed by atoms with Gasteiger partial charge in [0.05, 0.1) is 45.6 Å². The smallest absolute Gasteiger partial charge is 0.338 e. The van der Waals surface area contributed by atoms with Crippen LogP contribution in [0.15, 0.2) is 96.4 Å². The fraction of sp³-hybridized carbons (Fsp3) is 0.226. The van der Waals surface area contributed by atoms with Crippen molar-refractivity contribution in [3.8, 4) is 5.75 Å². The van der Waals surface area contributed by atoms with Crippen molar-refractivity contribution in [1.82, 2.24) is 14.5 Å². The Hall–Kier alpha value is -4.35. The number of fused-ring (bicyclic) bond motifs is 2. The van der Waals surface area contributed by atoms with E-state index < -0.39 is 12.0 Å². The van der Waals surface area contributed by atoms with E-state index in [1.165, 1.54) is 23.1 Å². The van der Waals surface area contributed by atoms with Crippen LogP contribution in [0.2, 0.25) is 0 Å². The van der Waals surface area contributed by atoms with Crippen LogP contribution in [0.25, 0.3) is 17.1 Å². The van der Waals surface area contributed by atoms with Gasteiger partial charge in [-0.05, 0) is 81.4 Å². The summed E-state index contributed by atoms with van der Waals surface area (Å²) in [5.41, 5.74) is 3.13. The van der Waals surface area contributed by atoms with Crippen molar-refractivity contribution in [3.05, 3.63) is 103 Å². The Morgan fingerprint density at radius 1 is 1.17 bits per heavy atom. The van der Waals surface area contributed by atoms with Gasteiger partial charge < -0.3 is 18.9 Å². The highest BCUT2D eigenvalue weighted by atomic mass is 32.2. The van der Waals surface area contributed by atoms with Crippen molar-refractivity contribution in [1.29, 1.82) is 0 Å². The molecule has 1 aliphatic rings. The van der Waals surface area contributed by atoms with Gasteiger partial charge in [0.1, 0.15) is 11.5 Å². The van der Waals surface area contributed by atoms with Crippen LogP contribution in [-0.2, 0) is 9.53 Å². The third-order valence-electron chi connectivity index (χ3n) is 6.53. The fourth-order valence-corrected chi connectivity index (χ4v) is 6.55. The van der Waals surface area contributed by atoms with Gasteiger partial charge in [-0.15, -0.1) is 0 Å². The van der Waals surface area contributed by atoms with E-state index in [0.29, 0.717) is 49.0 Å². The topological polar surface area (TPSA) is 112 Å². The highest BCUT2D eigenvalue weighted by molar-refractivity contribution is 7.99. The maximum atomic E-state index is 13.9. The Morgan fingerprint density at radius 3 is 2.69 bits per heavy atom. The van der Waals surface area contributed by atoms with E-state index in [1.54, 1.807) is 31.4 Å². The molecule has 6 rings (SSSR count). The van der Waals surface area contributed by atoms with E-state index in [-0.39, 0.29) is 11.7 Å². The molecule has 9 nitrogen and oxygen atoms in total. The predicted octanol–water partition coefficient (Wildman–Crippen LogP) is 5.21. The Labute approximate surface area is 249 Å². The molecule has 0 amide bonds. The molecule has 0 saturated carbocycles. The Bertz CT molecular complexity index is 1960. The molecule has 0 radical (unpaired) electrons. The lowest BCUT2D eigenvalue weighted by Crippen LogP contribution is -2.40. The zero-order chi connectivity index (χ0) is 29.4. The van der Waals surface area contributed by atoms with Crippen molar-refractivity contribution in [2.45, 2.75) is 50.1 Å². The Morgan fingerprint density at radius 2 is 1.95 bits per heavy atom. The molecule has 1 aliphatic heterocycles. The molecular weight excluding hydrogens is 572 g/mol. The third kappa shape index (κ3) is 5.45. The van der Waals surface area contributed by atoms with Gasteiger partial charge in [-0.2, -0.15) is 0 Å². The number of para-hydroxylation sites is 2. The van der Waals surface area contributed by atoms with E-state index in [1.807, 2.05) is 67.6 Å². The number of aromatic nitrogens is 3. The number of carbonyl (C=O) groups excluding carboxylic acids is 1. The zero-order valence-corrected chi connectivity index (χ0v) is 25.0. The lowest BCUT2D eigenvalue weighted by molar-refractivity contribution is -0.143. The Kier molecular flexibility index (Phi) is 7.61. The first-order valence-electron chi connectivity index (χ1n) is 13.5. The average molecular weight is 601 g/mol. The summed E-state index contributed by atoms with van der Waals surface area (Å²) < 4.78 is 19.2. The molecule has 4 heterocycles. The number of hydrogen-bond donors (Lipinski definition) is 1. The number of imidazole rings is 1. The normalized spacial score (nSPS) is 15.3. The second-order valence-corrected chi connectivity index (χ2v) is 11.9. The highest BCUT2D eigenvalue weighted by Gasteiger charge is 2.33. The minimum atomic E-state index is -0.707. The molecule has 0 aliphatic carbocycles. The van der Waals surface area contributed by atoms with Gasteiger partial charge in [-0.3, -0.25) is 9.36 Å². The molecule has 214 valence electrons. The van der Waals surface area contributed by atoms with E-state index in [9.17, 15) is 9.59 Å². The van der Waals surface area contributed by atoms with Crippen molar-refractivity contribution < 1.29 is 18.7 Å². The van der Waals surface area contributed by atoms with E-state index >= 15 is 0 Å². The fourth-order valence-electron chi connectivity index (χ4n) is 4.76. The lowest BCUT2D eigenvalue weighted by atomic mass is 9.96. The van der Waals surface area contributed by atoms with Crippen LogP contribution in [0.3, 0.4) is 0 Å². The summed E-state index contributed by atoms with van der Waals surface area (Å²) in [6, 6.07) is 18.1. The summed E-state index contributed by atoms with van der Waals surface area (Å²) in [7, 11) is 0. The standard InChI is InChI=1S/C31H28N4O5S2/c1-5-38-20-12-10-19(11-13-20)27-26(29(37)39-17(2)3)18(4)32-31-35(27)28(36)24(41-31)16-21-14-15-25(40-21)42-30-33-22-8-6-7-9-23(22)34-30/h6-17,27H,5H2,1-4H3,(H,33,34)/b24-16+/t27-/m0/s1. The highest BCUT2D eigenvalue weighted by Crippen LogP contribution is 2.32. The van der Waals surface area contributed by atoms with Gasteiger partial charge in [0.2, 0.25) is 0 Å². The van der Waals surface area contributed by atoms with Crippen LogP contribution < -0.4 is 19.6 Å². The Balaban J connectivity index is 1.38. The monoisotopic (exact) mass is 600 g/mol. The number of benzene rings is 2. The van der Waals surface area contributed by atoms with Crippen LogP contribution in [0, 0.1) is 0 Å². The number of nitrogens with one attached hydrogen (secondary N) is 1. The lowest BCUT2D eigenvalue weighted by Gasteiger charge is -2.25. The summed E-state index contributed by atoms with van der Waals surface area (Å²) in [5.74, 6) is 0.721. The molecule has 1 atom stereocenters. The van der Waals surface area contributed by atoms with Crippen LogP contribution in [0.1, 0.15) is 45.1 Å². The summed E-state index contributed by atoms with van der Waals surface area (Å²) >= 11 is 2.61. The quantitative estimate of drug-likeness (QED) is 0.244. The number of hydrogen-bond acceptors (Lipinski definition) is 9. The second kappa shape index (κ2) is 11.5. The van der Waals surface area contributed by atoms with Crippen molar-refractivity contribution in [3.63, 3.8) is 0 Å². The largest absolute Gasteiger partial charge is 0.494 e. The third-order valence-corrected chi connectivity index (χ3v) is 8.32. The maximum Gasteiger partial charge on any atom is 0.338 e. The van der Waals surface area contributed by atoms with Gasteiger partial charge in [0.25, 0.3) is 5.56 Å². The molecule has 11 heteroatoms. The molecule has 3 aromatic heterocycles. The van der Waals surface area contributed by atoms with Crippen LogP contribution >= 0.6 is 23.1 Å². The van der Waals surface area contributed by atoms with E-state index in [2.05, 4.69) is 15.0 Å². The molecule has 0 fully saturated rings. The van der Waals surface area contributed by atoms with Gasteiger partial charge in [-0.1, -0.05) is 35.6 Å². The number of allylic oxidation sites excluding steroid dienone is 1. The molecule has 0 bridgehead atoms. The minimum Gasteiger partial charge on any atom is -0.494 e. The first kappa shape index (κ1) is 27.8. The molecule has 0 spiro atoms. The summed E-state index contributed by atoms with van der Waals surface area (Å²) in [5, 5.41) is 1.35. The predicted molar refractivity (Wildman–Crippen MR) is 162 cm³/mol.